The molecule has 1 amide bonds. The average Bonchev–Trinajstić information content (AvgIpc) is 2.25. The van der Waals surface area contributed by atoms with Crippen LogP contribution in [0.1, 0.15) is 37.4 Å². The van der Waals surface area contributed by atoms with Crippen molar-refractivity contribution in [3.05, 3.63) is 23.4 Å². The number of pyridine rings is 1. The van der Waals surface area contributed by atoms with E-state index in [1.54, 1.807) is 0 Å². The predicted octanol–water partition coefficient (Wildman–Crippen LogP) is 2.40. The Labute approximate surface area is 109 Å². The molecule has 0 bridgehead atoms. The van der Waals surface area contributed by atoms with Crippen molar-refractivity contribution >= 4 is 11.7 Å². The number of aryl methyl sites for hydroxylation is 2. The molecule has 0 aliphatic heterocycles. The van der Waals surface area contributed by atoms with Gasteiger partial charge < -0.3 is 11.1 Å². The number of hydrogen-bond acceptors (Lipinski definition) is 3. The van der Waals surface area contributed by atoms with Crippen LogP contribution in [-0.2, 0) is 4.79 Å². The summed E-state index contributed by atoms with van der Waals surface area (Å²) in [6.45, 7) is 6.72. The molecule has 18 heavy (non-hydrogen) atoms. The maximum atomic E-state index is 11.8. The first-order valence-corrected chi connectivity index (χ1v) is 6.46. The Morgan fingerprint density at radius 2 is 2.11 bits per heavy atom. The lowest BCUT2D eigenvalue weighted by Gasteiger charge is -2.10. The van der Waals surface area contributed by atoms with E-state index in [0.29, 0.717) is 24.7 Å². The molecule has 1 unspecified atom stereocenters. The van der Waals surface area contributed by atoms with Crippen LogP contribution in [0.25, 0.3) is 0 Å². The lowest BCUT2D eigenvalue weighted by atomic mass is 10.0. The molecule has 0 spiro atoms. The van der Waals surface area contributed by atoms with Crippen LogP contribution in [0.15, 0.2) is 12.1 Å². The third-order valence-corrected chi connectivity index (χ3v) is 2.89. The van der Waals surface area contributed by atoms with Crippen molar-refractivity contribution in [3.8, 4) is 0 Å². The Hall–Kier alpha value is -1.42. The third-order valence-electron chi connectivity index (χ3n) is 2.89. The van der Waals surface area contributed by atoms with Crippen LogP contribution in [0, 0.1) is 19.8 Å². The minimum Gasteiger partial charge on any atom is -0.330 e. The number of carbonyl (C=O) groups is 1. The molecule has 3 N–H and O–H groups in total. The summed E-state index contributed by atoms with van der Waals surface area (Å²) in [6, 6.07) is 3.87. The summed E-state index contributed by atoms with van der Waals surface area (Å²) in [7, 11) is 0. The Morgan fingerprint density at radius 3 is 2.72 bits per heavy atom. The van der Waals surface area contributed by atoms with Crippen molar-refractivity contribution in [2.24, 2.45) is 11.7 Å². The van der Waals surface area contributed by atoms with Crippen LogP contribution in [-0.4, -0.2) is 17.4 Å². The number of aromatic nitrogens is 1. The summed E-state index contributed by atoms with van der Waals surface area (Å²) in [5.41, 5.74) is 7.51. The van der Waals surface area contributed by atoms with Crippen LogP contribution in [0.4, 0.5) is 5.82 Å². The van der Waals surface area contributed by atoms with Crippen molar-refractivity contribution in [1.82, 2.24) is 4.98 Å². The van der Waals surface area contributed by atoms with E-state index in [2.05, 4.69) is 17.2 Å². The monoisotopic (exact) mass is 249 g/mol. The van der Waals surface area contributed by atoms with Gasteiger partial charge >= 0.3 is 0 Å². The second-order valence-corrected chi connectivity index (χ2v) is 4.94. The molecule has 1 atom stereocenters. The summed E-state index contributed by atoms with van der Waals surface area (Å²) in [6.07, 6.45) is 2.36. The van der Waals surface area contributed by atoms with E-state index in [1.165, 1.54) is 0 Å². The fourth-order valence-corrected chi connectivity index (χ4v) is 1.92. The van der Waals surface area contributed by atoms with Gasteiger partial charge in [0.1, 0.15) is 5.82 Å². The molecule has 4 nitrogen and oxygen atoms in total. The third kappa shape index (κ3) is 5.27. The van der Waals surface area contributed by atoms with Crippen molar-refractivity contribution < 1.29 is 4.79 Å². The van der Waals surface area contributed by atoms with Gasteiger partial charge in [-0.3, -0.25) is 4.79 Å². The number of nitrogens with one attached hydrogen (secondary N) is 1. The van der Waals surface area contributed by atoms with Crippen LogP contribution >= 0.6 is 0 Å². The molecule has 1 heterocycles. The highest BCUT2D eigenvalue weighted by Gasteiger charge is 2.07. The standard InChI is InChI=1S/C14H23N3O/c1-10(6-7-15)4-5-14(18)17-13-9-11(2)8-12(3)16-13/h8-10H,4-7,15H2,1-3H3,(H,16,17,18). The average molecular weight is 249 g/mol. The highest BCUT2D eigenvalue weighted by Crippen LogP contribution is 2.12. The lowest BCUT2D eigenvalue weighted by molar-refractivity contribution is -0.116. The Bertz CT molecular complexity index is 384. The smallest absolute Gasteiger partial charge is 0.225 e. The molecular formula is C14H23N3O. The van der Waals surface area contributed by atoms with Crippen LogP contribution < -0.4 is 11.1 Å². The fourth-order valence-electron chi connectivity index (χ4n) is 1.92. The number of anilines is 1. The first-order valence-electron chi connectivity index (χ1n) is 6.46. The van der Waals surface area contributed by atoms with E-state index in [9.17, 15) is 4.79 Å². The van der Waals surface area contributed by atoms with Crippen molar-refractivity contribution in [3.63, 3.8) is 0 Å². The fraction of sp³-hybridized carbons (Fsp3) is 0.571. The van der Waals surface area contributed by atoms with E-state index in [4.69, 9.17) is 5.73 Å². The zero-order valence-electron chi connectivity index (χ0n) is 11.5. The second kappa shape index (κ2) is 7.11. The number of hydrogen-bond donors (Lipinski definition) is 2. The quantitative estimate of drug-likeness (QED) is 0.813. The predicted molar refractivity (Wildman–Crippen MR) is 74.4 cm³/mol. The zero-order valence-corrected chi connectivity index (χ0v) is 11.5. The molecule has 0 radical (unpaired) electrons. The zero-order chi connectivity index (χ0) is 13.5. The summed E-state index contributed by atoms with van der Waals surface area (Å²) in [4.78, 5) is 16.0. The summed E-state index contributed by atoms with van der Waals surface area (Å²) in [5.74, 6) is 1.16. The molecule has 0 aliphatic rings. The number of nitrogens with zero attached hydrogens (tertiary/aromatic N) is 1. The van der Waals surface area contributed by atoms with Gasteiger partial charge in [-0.05, 0) is 56.8 Å². The summed E-state index contributed by atoms with van der Waals surface area (Å²) < 4.78 is 0. The van der Waals surface area contributed by atoms with Gasteiger partial charge in [-0.2, -0.15) is 0 Å². The molecular weight excluding hydrogens is 226 g/mol. The molecule has 100 valence electrons. The Kier molecular flexibility index (Phi) is 5.78. The van der Waals surface area contributed by atoms with E-state index in [-0.39, 0.29) is 5.91 Å². The molecule has 1 aromatic rings. The number of nitrogens with two attached hydrogens (primary N) is 1. The molecule has 4 heteroatoms. The van der Waals surface area contributed by atoms with Crippen LogP contribution in [0.2, 0.25) is 0 Å². The maximum absolute atomic E-state index is 11.8. The highest BCUT2D eigenvalue weighted by atomic mass is 16.1. The number of rotatable bonds is 6. The first-order chi connectivity index (χ1) is 8.51. The van der Waals surface area contributed by atoms with Gasteiger partial charge in [-0.1, -0.05) is 6.92 Å². The van der Waals surface area contributed by atoms with Crippen LogP contribution in [0.5, 0.6) is 0 Å². The molecule has 0 aliphatic carbocycles. The molecule has 0 saturated heterocycles. The van der Waals surface area contributed by atoms with Gasteiger partial charge in [0.2, 0.25) is 5.91 Å². The van der Waals surface area contributed by atoms with Gasteiger partial charge in [0, 0.05) is 12.1 Å². The van der Waals surface area contributed by atoms with Crippen molar-refractivity contribution in [2.45, 2.75) is 40.0 Å². The number of amides is 1. The minimum atomic E-state index is 0.0244. The maximum Gasteiger partial charge on any atom is 0.225 e. The molecule has 1 aromatic heterocycles. The second-order valence-electron chi connectivity index (χ2n) is 4.94. The van der Waals surface area contributed by atoms with Crippen molar-refractivity contribution in [1.29, 1.82) is 0 Å². The summed E-state index contributed by atoms with van der Waals surface area (Å²) in [5, 5.41) is 2.84. The highest BCUT2D eigenvalue weighted by molar-refractivity contribution is 5.89. The molecule has 0 aromatic carbocycles. The van der Waals surface area contributed by atoms with E-state index in [0.717, 1.165) is 24.1 Å². The van der Waals surface area contributed by atoms with Gasteiger partial charge in [0.15, 0.2) is 0 Å². The summed E-state index contributed by atoms with van der Waals surface area (Å²) >= 11 is 0. The van der Waals surface area contributed by atoms with Crippen LogP contribution in [0.3, 0.4) is 0 Å². The number of carbonyl (C=O) groups excluding carboxylic acids is 1. The van der Waals surface area contributed by atoms with E-state index < -0.39 is 0 Å². The van der Waals surface area contributed by atoms with Gasteiger partial charge in [-0.15, -0.1) is 0 Å². The normalized spacial score (nSPS) is 12.2. The molecule has 1 rings (SSSR count). The molecule has 0 fully saturated rings. The topological polar surface area (TPSA) is 68.0 Å². The van der Waals surface area contributed by atoms with Gasteiger partial charge in [0.05, 0.1) is 0 Å². The van der Waals surface area contributed by atoms with Gasteiger partial charge in [-0.25, -0.2) is 4.98 Å². The van der Waals surface area contributed by atoms with E-state index in [1.807, 2.05) is 26.0 Å². The molecule has 0 saturated carbocycles. The van der Waals surface area contributed by atoms with E-state index >= 15 is 0 Å². The lowest BCUT2D eigenvalue weighted by Crippen LogP contribution is -2.15. The Morgan fingerprint density at radius 1 is 1.39 bits per heavy atom. The minimum absolute atomic E-state index is 0.0244. The first kappa shape index (κ1) is 14.6. The van der Waals surface area contributed by atoms with Gasteiger partial charge in [0.25, 0.3) is 0 Å². The SMILES string of the molecule is Cc1cc(C)nc(NC(=O)CCC(C)CCN)c1. The largest absolute Gasteiger partial charge is 0.330 e. The Balaban J connectivity index is 2.44. The van der Waals surface area contributed by atoms with Crippen molar-refractivity contribution in [2.75, 3.05) is 11.9 Å².